The number of carbonyl (C=O) groups is 1. The van der Waals surface area contributed by atoms with E-state index in [1.165, 1.54) is 6.26 Å². The largest absolute Gasteiger partial charge is 0.339 e. The highest BCUT2D eigenvalue weighted by Gasteiger charge is 2.19. The minimum atomic E-state index is -3.23. The van der Waals surface area contributed by atoms with Crippen LogP contribution in [-0.2, 0) is 21.1 Å². The molecule has 5 nitrogen and oxygen atoms in total. The molecule has 0 radical (unpaired) electrons. The second kappa shape index (κ2) is 7.54. The van der Waals surface area contributed by atoms with Crippen molar-refractivity contribution in [3.8, 4) is 0 Å². The number of nitrogens with zero attached hydrogens (tertiary/aromatic N) is 2. The molecule has 25 heavy (non-hydrogen) atoms. The van der Waals surface area contributed by atoms with Crippen molar-refractivity contribution in [2.45, 2.75) is 31.2 Å². The number of aromatic nitrogens is 1. The molecule has 0 spiro atoms. The maximum atomic E-state index is 12.6. The number of aryl methyl sites for hydroxylation is 1. The van der Waals surface area contributed by atoms with E-state index in [1.807, 2.05) is 19.9 Å². The van der Waals surface area contributed by atoms with Gasteiger partial charge in [-0.2, -0.15) is 0 Å². The van der Waals surface area contributed by atoms with Crippen molar-refractivity contribution >= 4 is 27.3 Å². The molecule has 2 rings (SSSR count). The number of hydrogen-bond acceptors (Lipinski definition) is 4. The molecule has 0 fully saturated rings. The lowest BCUT2D eigenvalue weighted by Gasteiger charge is -2.26. The number of rotatable bonds is 5. The normalized spacial score (nSPS) is 12.7. The molecule has 0 saturated carbocycles. The Morgan fingerprint density at radius 3 is 2.32 bits per heavy atom. The highest BCUT2D eigenvalue weighted by molar-refractivity contribution is 7.90. The van der Waals surface area contributed by atoms with Gasteiger partial charge in [0.25, 0.3) is 0 Å². The second-order valence-corrected chi connectivity index (χ2v) is 8.48. The molecule has 0 unspecified atom stereocenters. The third-order valence-electron chi connectivity index (χ3n) is 4.27. The zero-order chi connectivity index (χ0) is 18.8. The summed E-state index contributed by atoms with van der Waals surface area (Å²) in [5.74, 6) is -0.0492. The first-order valence-electron chi connectivity index (χ1n) is 7.77. The zero-order valence-corrected chi connectivity index (χ0v) is 16.2. The summed E-state index contributed by atoms with van der Waals surface area (Å²) in [6, 6.07) is 9.90. The van der Waals surface area contributed by atoms with E-state index in [2.05, 4.69) is 4.98 Å². The quantitative estimate of drug-likeness (QED) is 0.747. The Morgan fingerprint density at radius 2 is 1.80 bits per heavy atom. The van der Waals surface area contributed by atoms with E-state index in [-0.39, 0.29) is 23.3 Å². The van der Waals surface area contributed by atoms with E-state index in [0.29, 0.717) is 5.15 Å². The summed E-state index contributed by atoms with van der Waals surface area (Å²) in [5.41, 5.74) is 2.44. The minimum absolute atomic E-state index is 0.0492. The smallest absolute Gasteiger partial charge is 0.227 e. The molecule has 0 N–H and O–H groups in total. The number of hydrogen-bond donors (Lipinski definition) is 0. The summed E-state index contributed by atoms with van der Waals surface area (Å²) in [6.45, 7) is 3.72. The standard InChI is InChI=1S/C18H21ClN2O3S/c1-12-15(7-10-17(19)20-12)11-18(22)21(3)13(2)14-5-8-16(9-6-14)25(4,23)24/h5-10,13H,11H2,1-4H3/t13-/m1/s1. The first-order chi connectivity index (χ1) is 11.6. The van der Waals surface area contributed by atoms with E-state index in [0.717, 1.165) is 16.8 Å². The first kappa shape index (κ1) is 19.4. The monoisotopic (exact) mass is 380 g/mol. The van der Waals surface area contributed by atoms with Crippen LogP contribution >= 0.6 is 11.6 Å². The Morgan fingerprint density at radius 1 is 1.20 bits per heavy atom. The lowest BCUT2D eigenvalue weighted by Crippen LogP contribution is -2.31. The van der Waals surface area contributed by atoms with Gasteiger partial charge in [0.05, 0.1) is 17.4 Å². The molecule has 2 aromatic rings. The molecule has 0 aliphatic carbocycles. The van der Waals surface area contributed by atoms with Gasteiger partial charge in [-0.15, -0.1) is 0 Å². The van der Waals surface area contributed by atoms with Crippen molar-refractivity contribution < 1.29 is 13.2 Å². The van der Waals surface area contributed by atoms with Gasteiger partial charge < -0.3 is 4.90 Å². The van der Waals surface area contributed by atoms with Gasteiger partial charge in [0.1, 0.15) is 5.15 Å². The Bertz CT molecular complexity index is 880. The summed E-state index contributed by atoms with van der Waals surface area (Å²) >= 11 is 5.84. The fourth-order valence-corrected chi connectivity index (χ4v) is 3.29. The van der Waals surface area contributed by atoms with Crippen LogP contribution in [0.2, 0.25) is 5.15 Å². The van der Waals surface area contributed by atoms with Crippen LogP contribution in [0.25, 0.3) is 0 Å². The van der Waals surface area contributed by atoms with Gasteiger partial charge in [0.15, 0.2) is 9.84 Å². The van der Waals surface area contributed by atoms with Gasteiger partial charge in [-0.3, -0.25) is 4.79 Å². The third-order valence-corrected chi connectivity index (χ3v) is 5.61. The van der Waals surface area contributed by atoms with Crippen molar-refractivity contribution in [3.05, 3.63) is 58.4 Å². The number of halogens is 1. The first-order valence-corrected chi connectivity index (χ1v) is 10.0. The number of amides is 1. The van der Waals surface area contributed by atoms with Crippen molar-refractivity contribution in [2.24, 2.45) is 0 Å². The molecular formula is C18H21ClN2O3S. The van der Waals surface area contributed by atoms with Crippen LogP contribution in [0.1, 0.15) is 29.8 Å². The van der Waals surface area contributed by atoms with E-state index in [9.17, 15) is 13.2 Å². The Balaban J connectivity index is 2.13. The topological polar surface area (TPSA) is 67.3 Å². The van der Waals surface area contributed by atoms with Crippen LogP contribution in [0.4, 0.5) is 0 Å². The van der Waals surface area contributed by atoms with Gasteiger partial charge in [0, 0.05) is 19.0 Å². The molecule has 1 amide bonds. The van der Waals surface area contributed by atoms with Crippen LogP contribution in [0.5, 0.6) is 0 Å². The maximum Gasteiger partial charge on any atom is 0.227 e. The van der Waals surface area contributed by atoms with Crippen molar-refractivity contribution in [1.29, 1.82) is 0 Å². The van der Waals surface area contributed by atoms with Crippen LogP contribution in [0, 0.1) is 6.92 Å². The molecular weight excluding hydrogens is 360 g/mol. The van der Waals surface area contributed by atoms with Gasteiger partial charge >= 0.3 is 0 Å². The number of benzene rings is 1. The lowest BCUT2D eigenvalue weighted by atomic mass is 10.1. The highest BCUT2D eigenvalue weighted by Crippen LogP contribution is 2.22. The molecule has 0 bridgehead atoms. The average molecular weight is 381 g/mol. The van der Waals surface area contributed by atoms with Crippen molar-refractivity contribution in [2.75, 3.05) is 13.3 Å². The summed E-state index contributed by atoms with van der Waals surface area (Å²) < 4.78 is 23.1. The molecule has 0 saturated heterocycles. The molecule has 1 aromatic heterocycles. The van der Waals surface area contributed by atoms with Crippen LogP contribution in [-0.4, -0.2) is 37.5 Å². The Kier molecular flexibility index (Phi) is 5.85. The zero-order valence-electron chi connectivity index (χ0n) is 14.7. The molecule has 1 atom stereocenters. The van der Waals surface area contributed by atoms with Crippen molar-refractivity contribution in [1.82, 2.24) is 9.88 Å². The van der Waals surface area contributed by atoms with E-state index >= 15 is 0 Å². The third kappa shape index (κ3) is 4.80. The predicted molar refractivity (Wildman–Crippen MR) is 98.4 cm³/mol. The second-order valence-electron chi connectivity index (χ2n) is 6.08. The van der Waals surface area contributed by atoms with E-state index < -0.39 is 9.84 Å². The highest BCUT2D eigenvalue weighted by atomic mass is 35.5. The van der Waals surface area contributed by atoms with Gasteiger partial charge in [-0.1, -0.05) is 29.8 Å². The molecule has 0 aliphatic rings. The number of pyridine rings is 1. The van der Waals surface area contributed by atoms with Crippen LogP contribution < -0.4 is 0 Å². The average Bonchev–Trinajstić information content (AvgIpc) is 2.55. The Hall–Kier alpha value is -1.92. The van der Waals surface area contributed by atoms with Gasteiger partial charge in [0.2, 0.25) is 5.91 Å². The predicted octanol–water partition coefficient (Wildman–Crippen LogP) is 3.21. The maximum absolute atomic E-state index is 12.6. The van der Waals surface area contributed by atoms with E-state index in [1.54, 1.807) is 42.3 Å². The molecule has 1 aromatic carbocycles. The van der Waals surface area contributed by atoms with Gasteiger partial charge in [-0.25, -0.2) is 13.4 Å². The Labute approximate surface area is 153 Å². The number of likely N-dealkylation sites (N-methyl/N-ethyl adjacent to an activating group) is 1. The number of sulfone groups is 1. The van der Waals surface area contributed by atoms with Crippen molar-refractivity contribution in [3.63, 3.8) is 0 Å². The molecule has 134 valence electrons. The van der Waals surface area contributed by atoms with Crippen LogP contribution in [0.15, 0.2) is 41.3 Å². The SMILES string of the molecule is Cc1nc(Cl)ccc1CC(=O)N(C)[C@H](C)c1ccc(S(C)(=O)=O)cc1. The summed E-state index contributed by atoms with van der Waals surface area (Å²) in [7, 11) is -1.50. The van der Waals surface area contributed by atoms with Crippen LogP contribution in [0.3, 0.4) is 0 Å². The number of carbonyl (C=O) groups excluding carboxylic acids is 1. The minimum Gasteiger partial charge on any atom is -0.339 e. The van der Waals surface area contributed by atoms with E-state index in [4.69, 9.17) is 11.6 Å². The molecule has 0 aliphatic heterocycles. The summed E-state index contributed by atoms with van der Waals surface area (Å²) in [5, 5.41) is 0.404. The van der Waals surface area contributed by atoms with Gasteiger partial charge in [-0.05, 0) is 43.2 Å². The fourth-order valence-electron chi connectivity index (χ4n) is 2.47. The fraction of sp³-hybridized carbons (Fsp3) is 0.333. The summed E-state index contributed by atoms with van der Waals surface area (Å²) in [6.07, 6.45) is 1.40. The summed E-state index contributed by atoms with van der Waals surface area (Å²) in [4.78, 5) is 18.6. The molecule has 1 heterocycles. The lowest BCUT2D eigenvalue weighted by molar-refractivity contribution is -0.131. The molecule has 7 heteroatoms.